The number of halogens is 1. The minimum atomic E-state index is -0.0506. The number of rotatable bonds is 5. The zero-order chi connectivity index (χ0) is 12.1. The highest BCUT2D eigenvalue weighted by molar-refractivity contribution is 9.10. The van der Waals surface area contributed by atoms with Crippen LogP contribution >= 0.6 is 15.9 Å². The highest BCUT2D eigenvalue weighted by Gasteiger charge is 2.10. The molecule has 16 heavy (non-hydrogen) atoms. The van der Waals surface area contributed by atoms with E-state index in [4.69, 9.17) is 15.2 Å². The van der Waals surface area contributed by atoms with Gasteiger partial charge in [-0.25, -0.2) is 0 Å². The van der Waals surface area contributed by atoms with E-state index in [1.54, 1.807) is 7.11 Å². The summed E-state index contributed by atoms with van der Waals surface area (Å²) in [7, 11) is 1.67. The summed E-state index contributed by atoms with van der Waals surface area (Å²) in [5.74, 6) is 0.821. The Morgan fingerprint density at radius 1 is 1.38 bits per heavy atom. The summed E-state index contributed by atoms with van der Waals surface area (Å²) in [5, 5.41) is 0. The number of ether oxygens (including phenoxy) is 2. The molecule has 0 aromatic heterocycles. The van der Waals surface area contributed by atoms with E-state index in [0.29, 0.717) is 6.61 Å². The average Bonchev–Trinajstić information content (AvgIpc) is 2.26. The summed E-state index contributed by atoms with van der Waals surface area (Å²) >= 11 is 3.42. The molecule has 1 rings (SSSR count). The molecule has 1 aromatic carbocycles. The lowest BCUT2D eigenvalue weighted by atomic mass is 10.1. The Kier molecular flexibility index (Phi) is 5.25. The van der Waals surface area contributed by atoms with E-state index in [9.17, 15) is 0 Å². The first kappa shape index (κ1) is 13.5. The summed E-state index contributed by atoms with van der Waals surface area (Å²) in [5.41, 5.74) is 6.89. The topological polar surface area (TPSA) is 44.5 Å². The molecule has 90 valence electrons. The monoisotopic (exact) mass is 287 g/mol. The van der Waals surface area contributed by atoms with Crippen molar-refractivity contribution in [1.82, 2.24) is 0 Å². The molecular weight excluding hydrogens is 270 g/mol. The Labute approximate surface area is 105 Å². The fraction of sp³-hybridized carbons (Fsp3) is 0.500. The highest BCUT2D eigenvalue weighted by atomic mass is 79.9. The quantitative estimate of drug-likeness (QED) is 0.906. The summed E-state index contributed by atoms with van der Waals surface area (Å²) in [6.07, 6.45) is 0.0737. The molecule has 2 atom stereocenters. The van der Waals surface area contributed by atoms with Gasteiger partial charge in [0.2, 0.25) is 0 Å². The molecule has 3 nitrogen and oxygen atoms in total. The lowest BCUT2D eigenvalue weighted by Crippen LogP contribution is -2.17. The molecule has 0 aliphatic heterocycles. The largest absolute Gasteiger partial charge is 0.491 e. The van der Waals surface area contributed by atoms with E-state index in [1.165, 1.54) is 0 Å². The highest BCUT2D eigenvalue weighted by Crippen LogP contribution is 2.27. The van der Waals surface area contributed by atoms with Gasteiger partial charge in [-0.15, -0.1) is 0 Å². The molecule has 2 N–H and O–H groups in total. The molecule has 1 aromatic rings. The fourth-order valence-electron chi connectivity index (χ4n) is 1.28. The normalized spacial score (nSPS) is 14.6. The van der Waals surface area contributed by atoms with Crippen LogP contribution in [-0.2, 0) is 4.74 Å². The van der Waals surface area contributed by atoms with Gasteiger partial charge in [0, 0.05) is 23.2 Å². The number of hydrogen-bond acceptors (Lipinski definition) is 3. The Bertz CT molecular complexity index is 342. The molecular formula is C12H18BrNO2. The Balaban J connectivity index is 2.78. The van der Waals surface area contributed by atoms with Gasteiger partial charge in [0.05, 0.1) is 6.10 Å². The Morgan fingerprint density at radius 2 is 2.06 bits per heavy atom. The van der Waals surface area contributed by atoms with Crippen molar-refractivity contribution in [2.24, 2.45) is 5.73 Å². The number of benzene rings is 1. The second kappa shape index (κ2) is 6.23. The predicted molar refractivity (Wildman–Crippen MR) is 68.7 cm³/mol. The van der Waals surface area contributed by atoms with E-state index in [1.807, 2.05) is 32.0 Å². The SMILES string of the molecule is COC(C)COc1ccc(Br)cc1[C@@H](C)N. The second-order valence-corrected chi connectivity index (χ2v) is 4.74. The molecule has 0 saturated heterocycles. The maximum Gasteiger partial charge on any atom is 0.124 e. The maximum absolute atomic E-state index is 5.89. The van der Waals surface area contributed by atoms with E-state index >= 15 is 0 Å². The van der Waals surface area contributed by atoms with Crippen LogP contribution in [0.15, 0.2) is 22.7 Å². The molecule has 1 unspecified atom stereocenters. The predicted octanol–water partition coefficient (Wildman–Crippen LogP) is 2.88. The zero-order valence-electron chi connectivity index (χ0n) is 9.87. The van der Waals surface area contributed by atoms with Crippen LogP contribution < -0.4 is 10.5 Å². The molecule has 0 aliphatic rings. The van der Waals surface area contributed by atoms with Crippen LogP contribution in [0.5, 0.6) is 5.75 Å². The number of hydrogen-bond donors (Lipinski definition) is 1. The van der Waals surface area contributed by atoms with Gasteiger partial charge in [0.15, 0.2) is 0 Å². The van der Waals surface area contributed by atoms with Crippen molar-refractivity contribution in [2.75, 3.05) is 13.7 Å². The van der Waals surface area contributed by atoms with Crippen molar-refractivity contribution in [3.63, 3.8) is 0 Å². The molecule has 4 heteroatoms. The first-order valence-corrected chi connectivity index (χ1v) is 6.04. The van der Waals surface area contributed by atoms with Crippen LogP contribution in [0.25, 0.3) is 0 Å². The molecule has 0 aliphatic carbocycles. The standard InChI is InChI=1S/C12H18BrNO2/c1-8(15-3)7-16-12-5-4-10(13)6-11(12)9(2)14/h4-6,8-9H,7,14H2,1-3H3/t8?,9-/m1/s1. The van der Waals surface area contributed by atoms with Crippen LogP contribution in [0, 0.1) is 0 Å². The van der Waals surface area contributed by atoms with Gasteiger partial charge in [-0.3, -0.25) is 0 Å². The van der Waals surface area contributed by atoms with Crippen LogP contribution in [0.3, 0.4) is 0 Å². The first-order chi connectivity index (χ1) is 7.54. The third-order valence-electron chi connectivity index (χ3n) is 2.34. The Hall–Kier alpha value is -0.580. The van der Waals surface area contributed by atoms with E-state index in [0.717, 1.165) is 15.8 Å². The Morgan fingerprint density at radius 3 is 2.62 bits per heavy atom. The molecule has 0 bridgehead atoms. The van der Waals surface area contributed by atoms with Crippen molar-refractivity contribution in [3.05, 3.63) is 28.2 Å². The fourth-order valence-corrected chi connectivity index (χ4v) is 1.66. The summed E-state index contributed by atoms with van der Waals surface area (Å²) in [6, 6.07) is 5.80. The van der Waals surface area contributed by atoms with Gasteiger partial charge in [-0.05, 0) is 32.0 Å². The molecule has 0 amide bonds. The van der Waals surface area contributed by atoms with Crippen molar-refractivity contribution >= 4 is 15.9 Å². The third kappa shape index (κ3) is 3.77. The van der Waals surface area contributed by atoms with Gasteiger partial charge < -0.3 is 15.2 Å². The number of methoxy groups -OCH3 is 1. The molecule has 0 heterocycles. The van der Waals surface area contributed by atoms with Gasteiger partial charge in [-0.2, -0.15) is 0 Å². The van der Waals surface area contributed by atoms with Gasteiger partial charge in [0.25, 0.3) is 0 Å². The summed E-state index contributed by atoms with van der Waals surface area (Å²) < 4.78 is 11.8. The van der Waals surface area contributed by atoms with Gasteiger partial charge in [-0.1, -0.05) is 15.9 Å². The molecule has 0 fully saturated rings. The maximum atomic E-state index is 5.89. The number of nitrogens with two attached hydrogens (primary N) is 1. The smallest absolute Gasteiger partial charge is 0.124 e. The van der Waals surface area contributed by atoms with Crippen LogP contribution in [-0.4, -0.2) is 19.8 Å². The zero-order valence-corrected chi connectivity index (χ0v) is 11.5. The van der Waals surface area contributed by atoms with E-state index < -0.39 is 0 Å². The van der Waals surface area contributed by atoms with Crippen molar-refractivity contribution in [3.8, 4) is 5.75 Å². The molecule has 0 spiro atoms. The minimum absolute atomic E-state index is 0.0506. The van der Waals surface area contributed by atoms with Crippen LogP contribution in [0.2, 0.25) is 0 Å². The molecule has 0 saturated carbocycles. The summed E-state index contributed by atoms with van der Waals surface area (Å²) in [4.78, 5) is 0. The van der Waals surface area contributed by atoms with Gasteiger partial charge >= 0.3 is 0 Å². The lowest BCUT2D eigenvalue weighted by molar-refractivity contribution is 0.0712. The average molecular weight is 288 g/mol. The van der Waals surface area contributed by atoms with Crippen molar-refractivity contribution in [2.45, 2.75) is 26.0 Å². The van der Waals surface area contributed by atoms with E-state index in [-0.39, 0.29) is 12.1 Å². The van der Waals surface area contributed by atoms with Gasteiger partial charge in [0.1, 0.15) is 12.4 Å². The lowest BCUT2D eigenvalue weighted by Gasteiger charge is -2.16. The van der Waals surface area contributed by atoms with Crippen LogP contribution in [0.4, 0.5) is 0 Å². The second-order valence-electron chi connectivity index (χ2n) is 3.83. The minimum Gasteiger partial charge on any atom is -0.491 e. The van der Waals surface area contributed by atoms with Crippen molar-refractivity contribution in [1.29, 1.82) is 0 Å². The van der Waals surface area contributed by atoms with E-state index in [2.05, 4.69) is 15.9 Å². The molecule has 0 radical (unpaired) electrons. The third-order valence-corrected chi connectivity index (χ3v) is 2.83. The van der Waals surface area contributed by atoms with Crippen molar-refractivity contribution < 1.29 is 9.47 Å². The summed E-state index contributed by atoms with van der Waals surface area (Å²) in [6.45, 7) is 4.43. The van der Waals surface area contributed by atoms with Crippen LogP contribution in [0.1, 0.15) is 25.5 Å². The first-order valence-electron chi connectivity index (χ1n) is 5.25.